The van der Waals surface area contributed by atoms with Crippen molar-refractivity contribution in [3.05, 3.63) is 11.4 Å². The normalized spacial score (nSPS) is 12.4. The van der Waals surface area contributed by atoms with Crippen molar-refractivity contribution in [1.29, 1.82) is 0 Å². The summed E-state index contributed by atoms with van der Waals surface area (Å²) in [5, 5.41) is 0. The van der Waals surface area contributed by atoms with Gasteiger partial charge in [0.1, 0.15) is 5.41 Å². The van der Waals surface area contributed by atoms with Gasteiger partial charge >= 0.3 is 18.0 Å². The summed E-state index contributed by atoms with van der Waals surface area (Å²) >= 11 is 0. The molecule has 0 spiro atoms. The summed E-state index contributed by atoms with van der Waals surface area (Å²) in [7, 11) is 0. The lowest BCUT2D eigenvalue weighted by Gasteiger charge is -2.21. The molecule has 16 heavy (non-hydrogen) atoms. The Balaban J connectivity index is 4.87. The van der Waals surface area contributed by atoms with E-state index in [9.17, 15) is 9.59 Å². The first-order chi connectivity index (χ1) is 7.41. The minimum absolute atomic E-state index is 0.184. The Bertz CT molecular complexity index is 304. The van der Waals surface area contributed by atoms with Crippen LogP contribution < -0.4 is 0 Å². The average Bonchev–Trinajstić information content (AvgIpc) is 2.19. The Labute approximate surface area is 95.5 Å². The molecule has 0 aromatic carbocycles. The molecular weight excluding hydrogens is 210 g/mol. The first-order valence-electron chi connectivity index (χ1n) is 5.12. The molecule has 5 heteroatoms. The van der Waals surface area contributed by atoms with Crippen molar-refractivity contribution in [2.24, 2.45) is 5.41 Å². The van der Waals surface area contributed by atoms with E-state index in [1.165, 1.54) is 13.8 Å². The van der Waals surface area contributed by atoms with Crippen molar-refractivity contribution < 1.29 is 19.1 Å². The molecule has 0 heterocycles. The predicted octanol–water partition coefficient (Wildman–Crippen LogP) is 1.43. The Morgan fingerprint density at radius 2 is 1.75 bits per heavy atom. The smallest absolute Gasteiger partial charge is 0.391 e. The van der Waals surface area contributed by atoms with Gasteiger partial charge in [0.25, 0.3) is 0 Å². The maximum absolute atomic E-state index is 11.6. The van der Waals surface area contributed by atoms with Gasteiger partial charge in [0.15, 0.2) is 0 Å². The third-order valence-corrected chi connectivity index (χ3v) is 2.12. The van der Waals surface area contributed by atoms with Crippen LogP contribution in [0.4, 0.5) is 0 Å². The van der Waals surface area contributed by atoms with Crippen LogP contribution in [0.5, 0.6) is 0 Å². The summed E-state index contributed by atoms with van der Waals surface area (Å²) in [6, 6.07) is -1.16. The van der Waals surface area contributed by atoms with E-state index in [2.05, 4.69) is 4.85 Å². The van der Waals surface area contributed by atoms with E-state index in [1.54, 1.807) is 13.8 Å². The molecule has 0 aromatic rings. The highest BCUT2D eigenvalue weighted by Gasteiger charge is 2.49. The molecule has 0 N–H and O–H groups in total. The zero-order valence-electron chi connectivity index (χ0n) is 10.1. The molecule has 90 valence electrons. The molecule has 1 unspecified atom stereocenters. The number of esters is 2. The number of carbonyl (C=O) groups is 2. The molecule has 0 rings (SSSR count). The zero-order chi connectivity index (χ0) is 12.8. The standard InChI is InChI=1S/C11H17NO4/c1-6-15-9(13)8(12-5)11(3,4)10(14)16-7-2/h8H,6-7H2,1-4H3. The second-order valence-electron chi connectivity index (χ2n) is 3.73. The molecule has 0 fully saturated rings. The highest BCUT2D eigenvalue weighted by molar-refractivity contribution is 5.88. The second-order valence-corrected chi connectivity index (χ2v) is 3.73. The number of nitrogens with zero attached hydrogens (tertiary/aromatic N) is 1. The van der Waals surface area contributed by atoms with Crippen LogP contribution in [-0.2, 0) is 19.1 Å². The molecule has 0 radical (unpaired) electrons. The summed E-state index contributed by atoms with van der Waals surface area (Å²) < 4.78 is 9.58. The molecule has 0 aliphatic carbocycles. The average molecular weight is 227 g/mol. The lowest BCUT2D eigenvalue weighted by atomic mass is 9.85. The third kappa shape index (κ3) is 3.23. The highest BCUT2D eigenvalue weighted by atomic mass is 16.5. The van der Waals surface area contributed by atoms with Crippen LogP contribution >= 0.6 is 0 Å². The summed E-state index contributed by atoms with van der Waals surface area (Å²) in [5.41, 5.74) is -1.19. The SMILES string of the molecule is [C-]#[N+]C(C(=O)OCC)C(C)(C)C(=O)OCC. The van der Waals surface area contributed by atoms with E-state index < -0.39 is 23.4 Å². The van der Waals surface area contributed by atoms with Gasteiger partial charge in [-0.1, -0.05) is 0 Å². The van der Waals surface area contributed by atoms with Crippen molar-refractivity contribution >= 4 is 11.9 Å². The van der Waals surface area contributed by atoms with Crippen LogP contribution in [0.2, 0.25) is 0 Å². The van der Waals surface area contributed by atoms with Gasteiger partial charge < -0.3 is 9.47 Å². The fraction of sp³-hybridized carbons (Fsp3) is 0.727. The van der Waals surface area contributed by atoms with Crippen LogP contribution in [0.15, 0.2) is 0 Å². The molecule has 0 saturated carbocycles. The molecular formula is C11H17NO4. The molecule has 0 aliphatic rings. The molecule has 0 aromatic heterocycles. The van der Waals surface area contributed by atoms with E-state index in [0.29, 0.717) is 0 Å². The number of rotatable bonds is 5. The van der Waals surface area contributed by atoms with Gasteiger partial charge in [-0.05, 0) is 27.7 Å². The van der Waals surface area contributed by atoms with Crippen LogP contribution in [0.25, 0.3) is 4.85 Å². The van der Waals surface area contributed by atoms with Gasteiger partial charge in [-0.2, -0.15) is 0 Å². The largest absolute Gasteiger partial charge is 0.465 e. The van der Waals surface area contributed by atoms with Crippen molar-refractivity contribution in [2.45, 2.75) is 33.7 Å². The van der Waals surface area contributed by atoms with Crippen LogP contribution in [0.1, 0.15) is 27.7 Å². The van der Waals surface area contributed by atoms with Gasteiger partial charge in [-0.25, -0.2) is 11.4 Å². The van der Waals surface area contributed by atoms with Crippen LogP contribution in [0, 0.1) is 12.0 Å². The lowest BCUT2D eigenvalue weighted by Crippen LogP contribution is -2.42. The van der Waals surface area contributed by atoms with Gasteiger partial charge in [0, 0.05) is 0 Å². The van der Waals surface area contributed by atoms with E-state index >= 15 is 0 Å². The zero-order valence-corrected chi connectivity index (χ0v) is 10.1. The van der Waals surface area contributed by atoms with Gasteiger partial charge in [0.05, 0.1) is 13.2 Å². The second kappa shape index (κ2) is 6.11. The van der Waals surface area contributed by atoms with Crippen LogP contribution in [-0.4, -0.2) is 31.2 Å². The van der Waals surface area contributed by atoms with Crippen molar-refractivity contribution in [1.82, 2.24) is 0 Å². The van der Waals surface area contributed by atoms with E-state index in [0.717, 1.165) is 0 Å². The first kappa shape index (κ1) is 14.4. The molecule has 0 saturated heterocycles. The Morgan fingerprint density at radius 1 is 1.25 bits per heavy atom. The summed E-state index contributed by atoms with van der Waals surface area (Å²) in [5.74, 6) is -1.25. The number of ether oxygens (including phenoxy) is 2. The van der Waals surface area contributed by atoms with E-state index in [4.69, 9.17) is 16.0 Å². The molecule has 0 bridgehead atoms. The van der Waals surface area contributed by atoms with Crippen molar-refractivity contribution in [3.8, 4) is 0 Å². The third-order valence-electron chi connectivity index (χ3n) is 2.12. The topological polar surface area (TPSA) is 57.0 Å². The Hall–Kier alpha value is -1.57. The van der Waals surface area contributed by atoms with E-state index in [-0.39, 0.29) is 13.2 Å². The minimum Gasteiger partial charge on any atom is -0.465 e. The molecule has 5 nitrogen and oxygen atoms in total. The molecule has 0 amide bonds. The first-order valence-corrected chi connectivity index (χ1v) is 5.12. The lowest BCUT2D eigenvalue weighted by molar-refractivity contribution is -0.160. The maximum atomic E-state index is 11.6. The van der Waals surface area contributed by atoms with Crippen LogP contribution in [0.3, 0.4) is 0 Å². The Kier molecular flexibility index (Phi) is 5.51. The number of hydrogen-bond acceptors (Lipinski definition) is 4. The summed E-state index contributed by atoms with van der Waals surface area (Å²) in [6.45, 7) is 13.7. The van der Waals surface area contributed by atoms with Crippen molar-refractivity contribution in [3.63, 3.8) is 0 Å². The van der Waals surface area contributed by atoms with Gasteiger partial charge in [0.2, 0.25) is 0 Å². The predicted molar refractivity (Wildman–Crippen MR) is 57.4 cm³/mol. The molecule has 1 atom stereocenters. The molecule has 0 aliphatic heterocycles. The highest BCUT2D eigenvalue weighted by Crippen LogP contribution is 2.26. The maximum Gasteiger partial charge on any atom is 0.391 e. The summed E-state index contributed by atoms with van der Waals surface area (Å²) in [6.07, 6.45) is 0. The summed E-state index contributed by atoms with van der Waals surface area (Å²) in [4.78, 5) is 26.2. The fourth-order valence-corrected chi connectivity index (χ4v) is 1.16. The van der Waals surface area contributed by atoms with Gasteiger partial charge in [-0.3, -0.25) is 9.64 Å². The fourth-order valence-electron chi connectivity index (χ4n) is 1.16. The van der Waals surface area contributed by atoms with Crippen molar-refractivity contribution in [2.75, 3.05) is 13.2 Å². The monoisotopic (exact) mass is 227 g/mol. The number of carbonyl (C=O) groups excluding carboxylic acids is 2. The number of hydrogen-bond donors (Lipinski definition) is 0. The minimum atomic E-state index is -1.19. The van der Waals surface area contributed by atoms with Gasteiger partial charge in [-0.15, -0.1) is 0 Å². The Morgan fingerprint density at radius 3 is 2.12 bits per heavy atom. The quantitative estimate of drug-likeness (QED) is 0.526. The van der Waals surface area contributed by atoms with E-state index in [1.807, 2.05) is 0 Å².